The minimum Gasteiger partial charge on any atom is -0.316 e. The number of hydrogen-bond donors (Lipinski definition) is 1. The largest absolute Gasteiger partial charge is 0.316 e. The fraction of sp³-hybridized carbons (Fsp3) is 1.00. The number of likely N-dealkylation sites (N-methyl/N-ethyl adjacent to an activating group) is 1. The Morgan fingerprint density at radius 3 is 2.35 bits per heavy atom. The Balaban J connectivity index is 1.73. The van der Waals surface area contributed by atoms with Gasteiger partial charge in [0.1, 0.15) is 0 Å². The number of piperazine rings is 1. The third-order valence-corrected chi connectivity index (χ3v) is 5.20. The van der Waals surface area contributed by atoms with Crippen molar-refractivity contribution in [3.8, 4) is 0 Å². The Hall–Kier alpha value is -0.160. The van der Waals surface area contributed by atoms with Gasteiger partial charge in [-0.15, -0.1) is 0 Å². The van der Waals surface area contributed by atoms with Crippen LogP contribution in [0.2, 0.25) is 0 Å². The van der Waals surface area contributed by atoms with E-state index in [-0.39, 0.29) is 0 Å². The first-order valence-corrected chi connectivity index (χ1v) is 8.44. The second-order valence-electron chi connectivity index (χ2n) is 7.05. The highest BCUT2D eigenvalue weighted by Gasteiger charge is 2.33. The molecular formula is C16H34N4. The average molecular weight is 282 g/mol. The summed E-state index contributed by atoms with van der Waals surface area (Å²) in [6.45, 7) is 13.6. The summed E-state index contributed by atoms with van der Waals surface area (Å²) in [6, 6.07) is 0. The molecule has 0 radical (unpaired) electrons. The van der Waals surface area contributed by atoms with E-state index in [0.29, 0.717) is 5.41 Å². The minimum atomic E-state index is 0.546. The first-order valence-electron chi connectivity index (χ1n) is 8.44. The first-order chi connectivity index (χ1) is 9.63. The molecule has 1 unspecified atom stereocenters. The lowest BCUT2D eigenvalue weighted by molar-refractivity contribution is 0.0651. The van der Waals surface area contributed by atoms with Crippen molar-refractivity contribution in [2.24, 2.45) is 5.41 Å². The van der Waals surface area contributed by atoms with Gasteiger partial charge in [0.25, 0.3) is 0 Å². The van der Waals surface area contributed by atoms with Crippen molar-refractivity contribution in [3.63, 3.8) is 0 Å². The molecule has 2 heterocycles. The summed E-state index contributed by atoms with van der Waals surface area (Å²) >= 11 is 0. The standard InChI is InChI=1S/C16H34N4/c1-4-16(6-5-7-17-14-16)15-20-12-10-19(11-13-20)9-8-18(2)3/h17H,4-15H2,1-3H3. The Morgan fingerprint density at radius 2 is 1.80 bits per heavy atom. The van der Waals surface area contributed by atoms with E-state index in [0.717, 1.165) is 0 Å². The normalized spacial score (nSPS) is 30.0. The van der Waals surface area contributed by atoms with Crippen LogP contribution in [-0.4, -0.2) is 87.7 Å². The molecule has 1 N–H and O–H groups in total. The van der Waals surface area contributed by atoms with Crippen LogP contribution in [0.4, 0.5) is 0 Å². The van der Waals surface area contributed by atoms with Gasteiger partial charge < -0.3 is 15.1 Å². The molecular weight excluding hydrogens is 248 g/mol. The highest BCUT2D eigenvalue weighted by molar-refractivity contribution is 4.88. The van der Waals surface area contributed by atoms with Crippen molar-refractivity contribution in [3.05, 3.63) is 0 Å². The van der Waals surface area contributed by atoms with Crippen LogP contribution < -0.4 is 5.32 Å². The van der Waals surface area contributed by atoms with E-state index in [1.54, 1.807) is 0 Å². The summed E-state index contributed by atoms with van der Waals surface area (Å²) in [6.07, 6.45) is 4.09. The molecule has 0 aromatic carbocycles. The predicted octanol–water partition coefficient (Wildman–Crippen LogP) is 0.945. The van der Waals surface area contributed by atoms with E-state index >= 15 is 0 Å². The lowest BCUT2D eigenvalue weighted by Gasteiger charge is -2.43. The van der Waals surface area contributed by atoms with Crippen LogP contribution in [0.5, 0.6) is 0 Å². The molecule has 2 aliphatic rings. The maximum atomic E-state index is 3.62. The van der Waals surface area contributed by atoms with Gasteiger partial charge in [0, 0.05) is 52.4 Å². The summed E-state index contributed by atoms with van der Waals surface area (Å²) < 4.78 is 0. The zero-order chi connectivity index (χ0) is 14.4. The molecule has 0 aromatic heterocycles. The summed E-state index contributed by atoms with van der Waals surface area (Å²) in [7, 11) is 4.33. The average Bonchev–Trinajstić information content (AvgIpc) is 2.47. The van der Waals surface area contributed by atoms with Crippen molar-refractivity contribution in [1.82, 2.24) is 20.0 Å². The van der Waals surface area contributed by atoms with E-state index in [1.165, 1.54) is 78.2 Å². The first kappa shape index (κ1) is 16.2. The predicted molar refractivity (Wildman–Crippen MR) is 86.3 cm³/mol. The van der Waals surface area contributed by atoms with Gasteiger partial charge in [0.15, 0.2) is 0 Å². The fourth-order valence-electron chi connectivity index (χ4n) is 3.57. The van der Waals surface area contributed by atoms with Crippen molar-refractivity contribution < 1.29 is 0 Å². The lowest BCUT2D eigenvalue weighted by atomic mass is 9.78. The van der Waals surface area contributed by atoms with E-state index in [4.69, 9.17) is 0 Å². The number of piperidine rings is 1. The number of hydrogen-bond acceptors (Lipinski definition) is 4. The molecule has 2 saturated heterocycles. The van der Waals surface area contributed by atoms with Crippen LogP contribution in [0.15, 0.2) is 0 Å². The second kappa shape index (κ2) is 7.74. The van der Waals surface area contributed by atoms with E-state index < -0.39 is 0 Å². The van der Waals surface area contributed by atoms with Gasteiger partial charge in [-0.2, -0.15) is 0 Å². The third kappa shape index (κ3) is 4.69. The number of nitrogens with one attached hydrogen (secondary N) is 1. The number of rotatable bonds is 6. The van der Waals surface area contributed by atoms with Crippen LogP contribution in [0.3, 0.4) is 0 Å². The maximum Gasteiger partial charge on any atom is 0.0110 e. The molecule has 0 aliphatic carbocycles. The van der Waals surface area contributed by atoms with E-state index in [2.05, 4.69) is 41.0 Å². The molecule has 4 heteroatoms. The SMILES string of the molecule is CCC1(CN2CCN(CCN(C)C)CC2)CCCNC1. The molecule has 0 spiro atoms. The number of nitrogens with zero attached hydrogens (tertiary/aromatic N) is 3. The zero-order valence-corrected chi connectivity index (χ0v) is 13.8. The highest BCUT2D eigenvalue weighted by Crippen LogP contribution is 2.31. The van der Waals surface area contributed by atoms with Crippen LogP contribution >= 0.6 is 0 Å². The molecule has 118 valence electrons. The second-order valence-corrected chi connectivity index (χ2v) is 7.05. The molecule has 2 aliphatic heterocycles. The molecule has 0 aromatic rings. The summed E-state index contributed by atoms with van der Waals surface area (Å²) in [4.78, 5) is 7.61. The summed E-state index contributed by atoms with van der Waals surface area (Å²) in [5, 5.41) is 3.62. The smallest absolute Gasteiger partial charge is 0.0110 e. The maximum absolute atomic E-state index is 3.62. The lowest BCUT2D eigenvalue weighted by Crippen LogP contribution is -2.53. The van der Waals surface area contributed by atoms with Gasteiger partial charge in [-0.3, -0.25) is 4.90 Å². The molecule has 0 bridgehead atoms. The Morgan fingerprint density at radius 1 is 1.10 bits per heavy atom. The van der Waals surface area contributed by atoms with Crippen LogP contribution in [0.1, 0.15) is 26.2 Å². The molecule has 0 amide bonds. The monoisotopic (exact) mass is 282 g/mol. The summed E-state index contributed by atoms with van der Waals surface area (Å²) in [5.74, 6) is 0. The van der Waals surface area contributed by atoms with Crippen molar-refractivity contribution in [2.75, 3.05) is 73.0 Å². The van der Waals surface area contributed by atoms with Crippen molar-refractivity contribution in [2.45, 2.75) is 26.2 Å². The van der Waals surface area contributed by atoms with Crippen molar-refractivity contribution >= 4 is 0 Å². The fourth-order valence-corrected chi connectivity index (χ4v) is 3.57. The van der Waals surface area contributed by atoms with Crippen LogP contribution in [0.25, 0.3) is 0 Å². The van der Waals surface area contributed by atoms with Gasteiger partial charge in [-0.25, -0.2) is 0 Å². The zero-order valence-electron chi connectivity index (χ0n) is 13.8. The highest BCUT2D eigenvalue weighted by atomic mass is 15.3. The Kier molecular flexibility index (Phi) is 6.27. The summed E-state index contributed by atoms with van der Waals surface area (Å²) in [5.41, 5.74) is 0.546. The van der Waals surface area contributed by atoms with Gasteiger partial charge in [-0.05, 0) is 45.3 Å². The molecule has 1 atom stereocenters. The van der Waals surface area contributed by atoms with E-state index in [9.17, 15) is 0 Å². The van der Waals surface area contributed by atoms with Gasteiger partial charge in [-0.1, -0.05) is 6.92 Å². The minimum absolute atomic E-state index is 0.546. The molecule has 20 heavy (non-hydrogen) atoms. The van der Waals surface area contributed by atoms with Crippen LogP contribution in [0, 0.1) is 5.41 Å². The Labute approximate surface area is 125 Å². The van der Waals surface area contributed by atoms with Crippen molar-refractivity contribution in [1.29, 1.82) is 0 Å². The van der Waals surface area contributed by atoms with Gasteiger partial charge >= 0.3 is 0 Å². The topological polar surface area (TPSA) is 21.8 Å². The molecule has 2 fully saturated rings. The third-order valence-electron chi connectivity index (χ3n) is 5.20. The van der Waals surface area contributed by atoms with Gasteiger partial charge in [0.2, 0.25) is 0 Å². The molecule has 2 rings (SSSR count). The molecule has 4 nitrogen and oxygen atoms in total. The van der Waals surface area contributed by atoms with E-state index in [1.807, 2.05) is 0 Å². The quantitative estimate of drug-likeness (QED) is 0.783. The Bertz CT molecular complexity index is 266. The van der Waals surface area contributed by atoms with Gasteiger partial charge in [0.05, 0.1) is 0 Å². The molecule has 0 saturated carbocycles. The van der Waals surface area contributed by atoms with Crippen LogP contribution in [-0.2, 0) is 0 Å².